The zero-order valence-electron chi connectivity index (χ0n) is 5.97. The Morgan fingerprint density at radius 1 is 1.70 bits per heavy atom. The lowest BCUT2D eigenvalue weighted by molar-refractivity contribution is 0.362. The highest BCUT2D eigenvalue weighted by Crippen LogP contribution is 2.09. The number of nitrogens with two attached hydrogens (primary N) is 1. The molecule has 0 fully saturated rings. The van der Waals surface area contributed by atoms with Crippen LogP contribution < -0.4 is 11.3 Å². The van der Waals surface area contributed by atoms with Gasteiger partial charge in [0.1, 0.15) is 0 Å². The van der Waals surface area contributed by atoms with Crippen molar-refractivity contribution in [2.24, 2.45) is 5.73 Å². The number of hydrogen-bond acceptors (Lipinski definition) is 3. The van der Waals surface area contributed by atoms with Gasteiger partial charge < -0.3 is 10.3 Å². The van der Waals surface area contributed by atoms with Gasteiger partial charge in [-0.1, -0.05) is 0 Å². The molecule has 4 heteroatoms. The van der Waals surface area contributed by atoms with Crippen LogP contribution in [-0.4, -0.2) is 5.16 Å². The number of aromatic nitrogens is 1. The average Bonchev–Trinajstić information content (AvgIpc) is 2.14. The molecule has 0 amide bonds. The molecule has 0 saturated heterocycles. The summed E-state index contributed by atoms with van der Waals surface area (Å²) in [5.41, 5.74) is 5.84. The number of rotatable bonds is 1. The second kappa shape index (κ2) is 2.30. The largest absolute Gasteiger partial charge is 0.382 e. The van der Waals surface area contributed by atoms with Crippen LogP contribution in [0.15, 0.2) is 9.32 Å². The predicted molar refractivity (Wildman–Crippen MR) is 36.7 cm³/mol. The first-order valence-corrected chi connectivity index (χ1v) is 3.06. The fraction of sp³-hybridized carbons (Fsp3) is 0.500. The molecule has 1 aromatic heterocycles. The summed E-state index contributed by atoms with van der Waals surface area (Å²) in [4.78, 5) is 10.7. The Labute approximate surface area is 58.0 Å². The summed E-state index contributed by atoms with van der Waals surface area (Å²) in [5.74, 6) is 0.532. The summed E-state index contributed by atoms with van der Waals surface area (Å²) in [6, 6.07) is -0.223. The van der Waals surface area contributed by atoms with E-state index >= 15 is 0 Å². The van der Waals surface area contributed by atoms with Gasteiger partial charge in [-0.05, 0) is 13.8 Å². The predicted octanol–water partition coefficient (Wildman–Crippen LogP) is 0.296. The molecular weight excluding hydrogens is 132 g/mol. The number of aromatic amines is 1. The van der Waals surface area contributed by atoms with Crippen molar-refractivity contribution >= 4 is 0 Å². The third-order valence-corrected chi connectivity index (χ3v) is 1.38. The highest BCUT2D eigenvalue weighted by Gasteiger charge is 2.10. The zero-order valence-corrected chi connectivity index (χ0v) is 5.97. The van der Waals surface area contributed by atoms with E-state index in [9.17, 15) is 4.79 Å². The molecule has 0 aliphatic heterocycles. The minimum atomic E-state index is -0.223. The van der Waals surface area contributed by atoms with Gasteiger partial charge in [0.25, 0.3) is 5.56 Å². The van der Waals surface area contributed by atoms with Gasteiger partial charge in [-0.3, -0.25) is 4.79 Å². The van der Waals surface area contributed by atoms with Gasteiger partial charge in [-0.25, -0.2) is 0 Å². The summed E-state index contributed by atoms with van der Waals surface area (Å²) in [6.07, 6.45) is 0. The van der Waals surface area contributed by atoms with E-state index in [4.69, 9.17) is 10.3 Å². The van der Waals surface area contributed by atoms with Gasteiger partial charge in [0.15, 0.2) is 5.76 Å². The van der Waals surface area contributed by atoms with Crippen LogP contribution in [0.2, 0.25) is 0 Å². The summed E-state index contributed by atoms with van der Waals surface area (Å²) in [6.45, 7) is 3.44. The van der Waals surface area contributed by atoms with Crippen LogP contribution in [0.3, 0.4) is 0 Å². The van der Waals surface area contributed by atoms with Crippen molar-refractivity contribution in [1.29, 1.82) is 0 Å². The Kier molecular flexibility index (Phi) is 1.63. The second-order valence-corrected chi connectivity index (χ2v) is 2.31. The molecule has 1 aromatic rings. The number of hydrogen-bond donors (Lipinski definition) is 2. The monoisotopic (exact) mass is 142 g/mol. The quantitative estimate of drug-likeness (QED) is 0.592. The van der Waals surface area contributed by atoms with Gasteiger partial charge in [0.05, 0.1) is 11.6 Å². The minimum Gasteiger partial charge on any atom is -0.382 e. The molecule has 0 saturated carbocycles. The molecule has 10 heavy (non-hydrogen) atoms. The first-order chi connectivity index (χ1) is 4.63. The van der Waals surface area contributed by atoms with E-state index in [1.165, 1.54) is 0 Å². The van der Waals surface area contributed by atoms with Gasteiger partial charge in [0, 0.05) is 0 Å². The van der Waals surface area contributed by atoms with Gasteiger partial charge in [-0.15, -0.1) is 0 Å². The first kappa shape index (κ1) is 7.08. The highest BCUT2D eigenvalue weighted by atomic mass is 16.5. The lowest BCUT2D eigenvalue weighted by Crippen LogP contribution is -2.08. The SMILES string of the molecule is Cc1c([C@H](C)N)o[nH]c1=O. The van der Waals surface area contributed by atoms with Crippen LogP contribution in [-0.2, 0) is 0 Å². The van der Waals surface area contributed by atoms with Crippen molar-refractivity contribution in [3.05, 3.63) is 21.7 Å². The molecule has 0 aliphatic rings. The van der Waals surface area contributed by atoms with E-state index in [2.05, 4.69) is 5.16 Å². The fourth-order valence-corrected chi connectivity index (χ4v) is 0.801. The van der Waals surface area contributed by atoms with Crippen LogP contribution >= 0.6 is 0 Å². The molecule has 4 nitrogen and oxygen atoms in total. The van der Waals surface area contributed by atoms with Crippen molar-refractivity contribution in [1.82, 2.24) is 5.16 Å². The Morgan fingerprint density at radius 3 is 2.50 bits per heavy atom. The molecule has 1 heterocycles. The maximum absolute atomic E-state index is 10.7. The van der Waals surface area contributed by atoms with Gasteiger partial charge >= 0.3 is 0 Å². The summed E-state index contributed by atoms with van der Waals surface area (Å²) < 4.78 is 4.79. The lowest BCUT2D eigenvalue weighted by atomic mass is 10.2. The molecular formula is C6H10N2O2. The summed E-state index contributed by atoms with van der Waals surface area (Å²) >= 11 is 0. The third kappa shape index (κ3) is 0.974. The topological polar surface area (TPSA) is 72.0 Å². The Morgan fingerprint density at radius 2 is 2.30 bits per heavy atom. The zero-order chi connectivity index (χ0) is 7.72. The van der Waals surface area contributed by atoms with Crippen molar-refractivity contribution < 1.29 is 4.52 Å². The summed E-state index contributed by atoms with van der Waals surface area (Å²) in [7, 11) is 0. The highest BCUT2D eigenvalue weighted by molar-refractivity contribution is 5.13. The first-order valence-electron chi connectivity index (χ1n) is 3.06. The van der Waals surface area contributed by atoms with E-state index in [1.807, 2.05) is 0 Å². The fourth-order valence-electron chi connectivity index (χ4n) is 0.801. The molecule has 0 radical (unpaired) electrons. The lowest BCUT2D eigenvalue weighted by Gasteiger charge is -1.97. The van der Waals surface area contributed by atoms with Gasteiger partial charge in [0.2, 0.25) is 0 Å². The average molecular weight is 142 g/mol. The molecule has 0 aromatic carbocycles. The molecule has 56 valence electrons. The molecule has 3 N–H and O–H groups in total. The minimum absolute atomic E-state index is 0.202. The maximum atomic E-state index is 10.7. The standard InChI is InChI=1S/C6H10N2O2/c1-3-5(4(2)7)10-8-6(3)9/h4H,7H2,1-2H3,(H,8,9)/t4-/m0/s1. The van der Waals surface area contributed by atoms with Crippen molar-refractivity contribution in [3.8, 4) is 0 Å². The molecule has 0 aliphatic carbocycles. The Hall–Kier alpha value is -1.03. The van der Waals surface area contributed by atoms with E-state index in [-0.39, 0.29) is 11.6 Å². The molecule has 0 spiro atoms. The van der Waals surface area contributed by atoms with E-state index in [0.717, 1.165) is 0 Å². The summed E-state index contributed by atoms with van der Waals surface area (Å²) in [5, 5.41) is 2.21. The Balaban J connectivity index is 3.18. The van der Waals surface area contributed by atoms with E-state index in [0.29, 0.717) is 11.3 Å². The second-order valence-electron chi connectivity index (χ2n) is 2.31. The van der Waals surface area contributed by atoms with E-state index < -0.39 is 0 Å². The van der Waals surface area contributed by atoms with Crippen LogP contribution in [0.5, 0.6) is 0 Å². The van der Waals surface area contributed by atoms with Crippen molar-refractivity contribution in [2.45, 2.75) is 19.9 Å². The van der Waals surface area contributed by atoms with Crippen LogP contribution in [0.4, 0.5) is 0 Å². The third-order valence-electron chi connectivity index (χ3n) is 1.38. The molecule has 1 atom stereocenters. The van der Waals surface area contributed by atoms with Gasteiger partial charge in [-0.2, -0.15) is 5.16 Å². The van der Waals surface area contributed by atoms with E-state index in [1.54, 1.807) is 13.8 Å². The normalized spacial score (nSPS) is 13.5. The van der Waals surface area contributed by atoms with Crippen LogP contribution in [0, 0.1) is 6.92 Å². The number of nitrogens with one attached hydrogen (secondary N) is 1. The maximum Gasteiger partial charge on any atom is 0.283 e. The Bertz CT molecular complexity index is 272. The smallest absolute Gasteiger partial charge is 0.283 e. The van der Waals surface area contributed by atoms with Crippen molar-refractivity contribution in [3.63, 3.8) is 0 Å². The molecule has 0 unspecified atom stereocenters. The van der Waals surface area contributed by atoms with Crippen LogP contribution in [0.25, 0.3) is 0 Å². The number of H-pyrrole nitrogens is 1. The molecule has 0 bridgehead atoms. The van der Waals surface area contributed by atoms with Crippen molar-refractivity contribution in [2.75, 3.05) is 0 Å². The van der Waals surface area contributed by atoms with Crippen LogP contribution in [0.1, 0.15) is 24.3 Å². The molecule has 1 rings (SSSR count).